The molecule has 2 aliphatic heterocycles. The van der Waals surface area contributed by atoms with Gasteiger partial charge in [0.25, 0.3) is 0 Å². The van der Waals surface area contributed by atoms with Crippen LogP contribution in [0.25, 0.3) is 0 Å². The minimum atomic E-state index is -0.486. The first kappa shape index (κ1) is 27.2. The molecule has 208 valence electrons. The van der Waals surface area contributed by atoms with E-state index in [1.54, 1.807) is 0 Å². The van der Waals surface area contributed by atoms with E-state index in [0.29, 0.717) is 13.1 Å². The first-order chi connectivity index (χ1) is 20.2. The third kappa shape index (κ3) is 5.02. The summed E-state index contributed by atoms with van der Waals surface area (Å²) in [4.78, 5) is 30.9. The van der Waals surface area contributed by atoms with Crippen molar-refractivity contribution in [3.8, 4) is 0 Å². The van der Waals surface area contributed by atoms with Crippen molar-refractivity contribution in [1.29, 1.82) is 0 Å². The molecular formula is C37H38N2O2. The topological polar surface area (TPSA) is 40.6 Å². The van der Waals surface area contributed by atoms with E-state index >= 15 is 0 Å². The van der Waals surface area contributed by atoms with Crippen molar-refractivity contribution in [2.75, 3.05) is 26.2 Å². The van der Waals surface area contributed by atoms with E-state index in [0.717, 1.165) is 49.6 Å². The second-order valence-corrected chi connectivity index (χ2v) is 11.6. The third-order valence-electron chi connectivity index (χ3n) is 9.58. The van der Waals surface area contributed by atoms with Crippen molar-refractivity contribution >= 4 is 12.2 Å². The van der Waals surface area contributed by atoms with Gasteiger partial charge >= 0.3 is 0 Å². The van der Waals surface area contributed by atoms with Gasteiger partial charge in [-0.15, -0.1) is 0 Å². The highest BCUT2D eigenvalue weighted by atomic mass is 16.2. The van der Waals surface area contributed by atoms with Gasteiger partial charge in [0.1, 0.15) is 6.29 Å². The number of hydrogen-bond acceptors (Lipinski definition) is 3. The molecule has 0 aliphatic carbocycles. The highest BCUT2D eigenvalue weighted by molar-refractivity contribution is 5.79. The molecule has 4 heteroatoms. The van der Waals surface area contributed by atoms with E-state index in [-0.39, 0.29) is 17.9 Å². The van der Waals surface area contributed by atoms with Gasteiger partial charge in [-0.05, 0) is 54.5 Å². The van der Waals surface area contributed by atoms with Crippen molar-refractivity contribution in [3.05, 3.63) is 144 Å². The van der Waals surface area contributed by atoms with E-state index in [1.807, 2.05) is 41.3 Å². The Bertz CT molecular complexity index is 1350. The van der Waals surface area contributed by atoms with Gasteiger partial charge in [-0.1, -0.05) is 121 Å². The number of benzene rings is 4. The average molecular weight is 543 g/mol. The first-order valence-corrected chi connectivity index (χ1v) is 14.9. The van der Waals surface area contributed by atoms with Crippen LogP contribution in [0, 0.1) is 0 Å². The summed E-state index contributed by atoms with van der Waals surface area (Å²) in [6.45, 7) is 2.40. The zero-order valence-electron chi connectivity index (χ0n) is 23.6. The summed E-state index contributed by atoms with van der Waals surface area (Å²) in [7, 11) is 0. The Morgan fingerprint density at radius 2 is 1.07 bits per heavy atom. The predicted octanol–water partition coefficient (Wildman–Crippen LogP) is 6.24. The number of carbonyl (C=O) groups is 2. The lowest BCUT2D eigenvalue weighted by atomic mass is 9.64. The smallest absolute Gasteiger partial charge is 0.236 e. The Hall–Kier alpha value is -4.02. The molecule has 2 fully saturated rings. The molecule has 2 saturated heterocycles. The van der Waals surface area contributed by atoms with Crippen LogP contribution in [0.2, 0.25) is 0 Å². The summed E-state index contributed by atoms with van der Waals surface area (Å²) in [5.74, 6) is 0.114. The number of piperidine rings is 2. The summed E-state index contributed by atoms with van der Waals surface area (Å²) in [6.07, 6.45) is 4.63. The van der Waals surface area contributed by atoms with Gasteiger partial charge in [0, 0.05) is 23.9 Å². The molecule has 4 aromatic rings. The molecular weight excluding hydrogens is 504 g/mol. The summed E-state index contributed by atoms with van der Waals surface area (Å²) < 4.78 is 0. The van der Waals surface area contributed by atoms with Crippen LogP contribution in [0.15, 0.2) is 121 Å². The maximum atomic E-state index is 13.9. The Morgan fingerprint density at radius 3 is 1.51 bits per heavy atom. The Kier molecular flexibility index (Phi) is 7.84. The van der Waals surface area contributed by atoms with Crippen LogP contribution in [-0.4, -0.2) is 54.2 Å². The van der Waals surface area contributed by atoms with Gasteiger partial charge in [0.05, 0.1) is 12.6 Å². The third-order valence-corrected chi connectivity index (χ3v) is 9.58. The maximum Gasteiger partial charge on any atom is 0.236 e. The van der Waals surface area contributed by atoms with Gasteiger partial charge in [0.2, 0.25) is 5.91 Å². The lowest BCUT2D eigenvalue weighted by Gasteiger charge is -2.49. The van der Waals surface area contributed by atoms with Gasteiger partial charge in [-0.25, -0.2) is 0 Å². The number of rotatable bonds is 7. The van der Waals surface area contributed by atoms with Gasteiger partial charge in [-0.2, -0.15) is 0 Å². The van der Waals surface area contributed by atoms with Crippen LogP contribution in [-0.2, 0) is 20.4 Å². The molecule has 1 unspecified atom stereocenters. The Balaban J connectivity index is 1.24. The van der Waals surface area contributed by atoms with Crippen LogP contribution >= 0.6 is 0 Å². The summed E-state index contributed by atoms with van der Waals surface area (Å²) >= 11 is 0. The Labute approximate surface area is 243 Å². The van der Waals surface area contributed by atoms with Gasteiger partial charge in [0.15, 0.2) is 0 Å². The Morgan fingerprint density at radius 1 is 0.634 bits per heavy atom. The van der Waals surface area contributed by atoms with E-state index < -0.39 is 11.5 Å². The van der Waals surface area contributed by atoms with Crippen molar-refractivity contribution in [3.63, 3.8) is 0 Å². The standard InChI is InChI=1S/C37H38N2O2/c40-29-34-37(32-18-9-3-10-19-32,33-20-11-4-12-21-33)22-13-25-39(34)28-35(41)38-26-23-36(24-27-38,30-14-5-1-6-15-30)31-16-7-2-8-17-31/h1-12,14-21,29,34H,13,22-28H2. The van der Waals surface area contributed by atoms with Crippen LogP contribution in [0.5, 0.6) is 0 Å². The number of carbonyl (C=O) groups excluding carboxylic acids is 2. The van der Waals surface area contributed by atoms with Crippen LogP contribution in [0.1, 0.15) is 47.9 Å². The maximum absolute atomic E-state index is 13.9. The second kappa shape index (κ2) is 11.8. The van der Waals surface area contributed by atoms with E-state index in [1.165, 1.54) is 11.1 Å². The van der Waals surface area contributed by atoms with Crippen molar-refractivity contribution in [2.45, 2.75) is 42.6 Å². The largest absolute Gasteiger partial charge is 0.341 e. The molecule has 41 heavy (non-hydrogen) atoms. The lowest BCUT2D eigenvalue weighted by Crippen LogP contribution is -2.59. The molecule has 0 bridgehead atoms. The van der Waals surface area contributed by atoms with E-state index in [9.17, 15) is 9.59 Å². The fourth-order valence-corrected chi connectivity index (χ4v) is 7.48. The molecule has 1 atom stereocenters. The van der Waals surface area contributed by atoms with Gasteiger partial charge in [-0.3, -0.25) is 9.69 Å². The fourth-order valence-electron chi connectivity index (χ4n) is 7.48. The molecule has 4 aromatic carbocycles. The highest BCUT2D eigenvalue weighted by Gasteiger charge is 2.48. The molecule has 6 rings (SSSR count). The number of amides is 1. The molecule has 0 N–H and O–H groups in total. The first-order valence-electron chi connectivity index (χ1n) is 14.9. The normalized spacial score (nSPS) is 20.3. The quantitative estimate of drug-likeness (QED) is 0.260. The van der Waals surface area contributed by atoms with Gasteiger partial charge < -0.3 is 9.69 Å². The average Bonchev–Trinajstić information content (AvgIpc) is 3.06. The molecule has 4 nitrogen and oxygen atoms in total. The van der Waals surface area contributed by atoms with Crippen LogP contribution in [0.3, 0.4) is 0 Å². The number of hydrogen-bond donors (Lipinski definition) is 0. The fraction of sp³-hybridized carbons (Fsp3) is 0.297. The van der Waals surface area contributed by atoms with E-state index in [4.69, 9.17) is 0 Å². The second-order valence-electron chi connectivity index (χ2n) is 11.6. The van der Waals surface area contributed by atoms with Crippen molar-refractivity contribution in [1.82, 2.24) is 9.80 Å². The molecule has 0 spiro atoms. The molecule has 0 radical (unpaired) electrons. The molecule has 2 heterocycles. The number of likely N-dealkylation sites (tertiary alicyclic amines) is 2. The lowest BCUT2D eigenvalue weighted by molar-refractivity contribution is -0.136. The highest BCUT2D eigenvalue weighted by Crippen LogP contribution is 2.45. The molecule has 0 saturated carbocycles. The van der Waals surface area contributed by atoms with Crippen LogP contribution < -0.4 is 0 Å². The monoisotopic (exact) mass is 542 g/mol. The summed E-state index contributed by atoms with van der Waals surface area (Å²) in [5.41, 5.74) is 4.30. The summed E-state index contributed by atoms with van der Waals surface area (Å²) in [6, 6.07) is 41.8. The predicted molar refractivity (Wildman–Crippen MR) is 164 cm³/mol. The SMILES string of the molecule is O=CC1N(CC(=O)N2CCC(c3ccccc3)(c3ccccc3)CC2)CCCC1(c1ccccc1)c1ccccc1. The number of nitrogens with zero attached hydrogens (tertiary/aromatic N) is 2. The minimum Gasteiger partial charge on any atom is -0.341 e. The van der Waals surface area contributed by atoms with Crippen LogP contribution in [0.4, 0.5) is 0 Å². The molecule has 0 aromatic heterocycles. The zero-order valence-corrected chi connectivity index (χ0v) is 23.6. The molecule has 2 aliphatic rings. The zero-order chi connectivity index (χ0) is 28.1. The van der Waals surface area contributed by atoms with Crippen molar-refractivity contribution < 1.29 is 9.59 Å². The molecule has 1 amide bonds. The summed E-state index contributed by atoms with van der Waals surface area (Å²) in [5, 5.41) is 0. The van der Waals surface area contributed by atoms with Crippen molar-refractivity contribution in [2.24, 2.45) is 0 Å². The van der Waals surface area contributed by atoms with E-state index in [2.05, 4.69) is 89.8 Å². The number of aldehydes is 1. The minimum absolute atomic E-state index is 0.106.